The Labute approximate surface area is 767 Å². The van der Waals surface area contributed by atoms with Crippen LogP contribution in [-0.2, 0) is 35.6 Å². The fourth-order valence-electron chi connectivity index (χ4n) is 14.0. The monoisotopic (exact) mass is 1750 g/mol. The van der Waals surface area contributed by atoms with Gasteiger partial charge in [-0.3, -0.25) is 58.9 Å². The summed E-state index contributed by atoms with van der Waals surface area (Å²) in [4.78, 5) is 128. The van der Waals surface area contributed by atoms with Crippen molar-refractivity contribution in [1.29, 1.82) is 0 Å². The zero-order valence-corrected chi connectivity index (χ0v) is 73.3. The van der Waals surface area contributed by atoms with Crippen molar-refractivity contribution >= 4 is 69.4 Å². The van der Waals surface area contributed by atoms with Crippen molar-refractivity contribution in [3.05, 3.63) is 440 Å². The number of aliphatic imine (C=N–C) groups is 1. The number of aromatic amines is 3. The third kappa shape index (κ3) is 29.9. The predicted octanol–water partition coefficient (Wildman–Crippen LogP) is 18.7. The van der Waals surface area contributed by atoms with E-state index < -0.39 is 6.04 Å². The summed E-state index contributed by atoms with van der Waals surface area (Å²) in [6.07, 6.45) is 40.5. The summed E-state index contributed by atoms with van der Waals surface area (Å²) in [6, 6.07) is 83.5. The number of carbonyl (C=O) groups is 5. The molecule has 0 fully saturated rings. The number of pyridine rings is 6. The van der Waals surface area contributed by atoms with Crippen LogP contribution < -0.4 is 30.7 Å². The average Bonchev–Trinajstić information content (AvgIpc) is 0.894. The van der Waals surface area contributed by atoms with Crippen LogP contribution in [0.3, 0.4) is 0 Å². The van der Waals surface area contributed by atoms with Crippen LogP contribution in [0.2, 0.25) is 0 Å². The van der Waals surface area contributed by atoms with Crippen molar-refractivity contribution in [2.75, 3.05) is 64.6 Å². The van der Waals surface area contributed by atoms with Crippen molar-refractivity contribution in [2.24, 2.45) is 4.99 Å². The number of dihydropyridines is 1. The van der Waals surface area contributed by atoms with Gasteiger partial charge >= 0.3 is 0 Å². The van der Waals surface area contributed by atoms with Crippen LogP contribution in [0, 0.1) is 0 Å². The number of rotatable bonds is 34. The molecule has 662 valence electrons. The van der Waals surface area contributed by atoms with Gasteiger partial charge in [-0.1, -0.05) is 183 Å². The quantitative estimate of drug-likeness (QED) is 0.0204. The first-order valence-corrected chi connectivity index (χ1v) is 43.6. The lowest BCUT2D eigenvalue weighted by Gasteiger charge is -2.21. The maximum absolute atomic E-state index is 13.1. The number of allylic oxidation sites excluding steroid dienone is 2. The van der Waals surface area contributed by atoms with Crippen molar-refractivity contribution < 1.29 is 24.0 Å². The molecule has 0 amide bonds. The predicted molar refractivity (Wildman–Crippen MR) is 520 cm³/mol. The van der Waals surface area contributed by atoms with Crippen LogP contribution in [0.15, 0.2) is 395 Å². The van der Waals surface area contributed by atoms with Gasteiger partial charge in [0, 0.05) is 194 Å². The number of hydrogen-bond acceptors (Lipinski definition) is 23. The van der Waals surface area contributed by atoms with Gasteiger partial charge < -0.3 is 45.6 Å². The Morgan fingerprint density at radius 3 is 1.40 bits per heavy atom. The fraction of sp³-hybridized carbons (Fsp3) is 0.160. The first-order chi connectivity index (χ1) is 65.0. The number of benzene rings is 6. The summed E-state index contributed by atoms with van der Waals surface area (Å²) < 4.78 is 0. The standard InChI is InChI=1S/C23H19N3O.C22H18N4.C18H18N4O.C17H16N4O.C14H18N4O.C12H14N2O/c27-23-21(17-8-3-1-4-9-17)14-20(16-25-19-11-5-2-6-12-19)26-22(23)18-10-7-13-24-15-18;1-3-8-17(9-4-1)21-14-20(16-24-19-11-5-2-6-12-19)25-22(26-21)18-10-7-13-23-15-18;23-17(12-15-6-8-19-9-7-15)14-22(18-20-10-11-21-18)13-16-4-2-1-3-5-16;22-16(15-7-4-8-18-11-15)13-21(17-19-9-10-20-17)12-14-5-2-1-3-6-14;1-2-3-9-18(14-16-7-8-17-14)11-13(19)12-5-4-6-15-10-12;15-12(10-4-3-7-13-8-10)9-14-11-5-1-2-6-11/h1-15,22,25H,16H2;1-15,24H,16H2;1-11H,12-14H2,(H,20,21);1-11H,12-13H2,(H,19,20);4-8,10H,2-3,9,11H2,1H3,(H,16,17);3-5,7-8,14H,1-2,6,9H2. The number of para-hydroxylation sites is 2. The van der Waals surface area contributed by atoms with E-state index in [4.69, 9.17) is 15.0 Å². The maximum Gasteiger partial charge on any atom is 0.203 e. The Morgan fingerprint density at radius 1 is 0.432 bits per heavy atom. The van der Waals surface area contributed by atoms with Gasteiger partial charge in [-0.2, -0.15) is 0 Å². The molecule has 26 heteroatoms. The van der Waals surface area contributed by atoms with E-state index in [2.05, 4.69) is 101 Å². The number of nitrogens with zero attached hydrogens (tertiary/aromatic N) is 15. The molecule has 0 saturated heterocycles. The van der Waals surface area contributed by atoms with Crippen molar-refractivity contribution in [2.45, 2.75) is 71.1 Å². The number of carbonyl (C=O) groups excluding carboxylic acids is 5. The van der Waals surface area contributed by atoms with Crippen LogP contribution in [0.5, 0.6) is 0 Å². The van der Waals surface area contributed by atoms with Gasteiger partial charge in [-0.15, -0.1) is 0 Å². The first kappa shape index (κ1) is 92.9. The molecule has 1 unspecified atom stereocenters. The third-order valence-corrected chi connectivity index (χ3v) is 20.7. The summed E-state index contributed by atoms with van der Waals surface area (Å²) in [7, 11) is 0. The minimum Gasteiger partial charge on any atom is -0.381 e. The zero-order valence-electron chi connectivity index (χ0n) is 73.3. The van der Waals surface area contributed by atoms with Gasteiger partial charge in [0.15, 0.2) is 34.7 Å². The van der Waals surface area contributed by atoms with Gasteiger partial charge in [-0.05, 0) is 151 Å². The number of hydrogen-bond donors (Lipinski definition) is 6. The smallest absolute Gasteiger partial charge is 0.203 e. The van der Waals surface area contributed by atoms with Crippen LogP contribution in [-0.4, -0.2) is 144 Å². The largest absolute Gasteiger partial charge is 0.381 e. The summed E-state index contributed by atoms with van der Waals surface area (Å²) in [6.45, 7) is 6.61. The van der Waals surface area contributed by atoms with E-state index in [0.717, 1.165) is 106 Å². The molecule has 0 radical (unpaired) electrons. The summed E-state index contributed by atoms with van der Waals surface area (Å²) in [5.74, 6) is 3.12. The second-order valence-corrected chi connectivity index (χ2v) is 30.5. The molecule has 1 atom stereocenters. The van der Waals surface area contributed by atoms with Crippen LogP contribution in [0.1, 0.15) is 110 Å². The first-order valence-electron chi connectivity index (χ1n) is 43.6. The summed E-state index contributed by atoms with van der Waals surface area (Å²) in [5.41, 5.74) is 15.5. The molecular weight excluding hydrogens is 1650 g/mol. The Balaban J connectivity index is 0.000000136. The van der Waals surface area contributed by atoms with Gasteiger partial charge in [-0.25, -0.2) is 24.9 Å². The highest BCUT2D eigenvalue weighted by Crippen LogP contribution is 2.32. The molecule has 1 aliphatic carbocycles. The second-order valence-electron chi connectivity index (χ2n) is 30.5. The van der Waals surface area contributed by atoms with Gasteiger partial charge in [0.2, 0.25) is 17.8 Å². The Hall–Kier alpha value is -16.8. The van der Waals surface area contributed by atoms with E-state index >= 15 is 0 Å². The molecule has 2 aliphatic rings. The normalized spacial score (nSPS) is 12.1. The van der Waals surface area contributed by atoms with E-state index in [0.29, 0.717) is 92.2 Å². The molecule has 0 bridgehead atoms. The summed E-state index contributed by atoms with van der Waals surface area (Å²) in [5, 5.41) is 9.95. The maximum atomic E-state index is 13.1. The lowest BCUT2D eigenvalue weighted by atomic mass is 9.90. The molecule has 18 rings (SSSR count). The molecule has 0 spiro atoms. The topological polar surface area (TPSA) is 333 Å². The van der Waals surface area contributed by atoms with Crippen molar-refractivity contribution in [3.63, 3.8) is 0 Å². The Bertz CT molecular complexity index is 6130. The molecule has 132 heavy (non-hydrogen) atoms. The fourth-order valence-corrected chi connectivity index (χ4v) is 14.0. The van der Waals surface area contributed by atoms with Gasteiger partial charge in [0.05, 0.1) is 56.4 Å². The number of unbranched alkanes of at least 4 members (excludes halogenated alkanes) is 1. The molecule has 10 aromatic heterocycles. The second kappa shape index (κ2) is 51.1. The number of ketones is 5. The van der Waals surface area contributed by atoms with Crippen molar-refractivity contribution in [1.82, 2.24) is 75.1 Å². The third-order valence-electron chi connectivity index (χ3n) is 20.7. The van der Waals surface area contributed by atoms with E-state index in [9.17, 15) is 24.0 Å². The number of imidazole rings is 3. The molecule has 6 aromatic carbocycles. The molecular formula is C106H103N21O5. The van der Waals surface area contributed by atoms with Crippen LogP contribution in [0.25, 0.3) is 28.2 Å². The molecule has 26 nitrogen and oxygen atoms in total. The SMILES string of the molecule is CCCCN(CC(=O)c1cccnc1)c1ncc[nH]1.O=C(CN(Cc1ccccc1)c1ncc[nH]1)c1cccnc1.O=C(CNC1=CCCC1)c1cccnc1.O=C(Cc1ccncc1)CN(Cc1ccccc1)c1ncc[nH]1.O=C1C(c2ccccc2)=CC(CNc2ccccc2)=NC1c1cccnc1.c1ccc(NCc2cc(-c3ccccc3)nc(-c3cccnc3)n2)cc1. The zero-order chi connectivity index (χ0) is 91.2. The lowest BCUT2D eigenvalue weighted by Crippen LogP contribution is -2.31. The highest BCUT2D eigenvalue weighted by Gasteiger charge is 2.29. The molecule has 0 saturated carbocycles. The number of nitrogens with one attached hydrogen (secondary N) is 6. The highest BCUT2D eigenvalue weighted by atomic mass is 16.1. The van der Waals surface area contributed by atoms with Crippen LogP contribution >= 0.6 is 0 Å². The van der Waals surface area contributed by atoms with E-state index in [1.807, 2.05) is 233 Å². The molecule has 1 aliphatic heterocycles. The average molecular weight is 1750 g/mol. The summed E-state index contributed by atoms with van der Waals surface area (Å²) >= 11 is 0. The minimum absolute atomic E-state index is 0.00217. The van der Waals surface area contributed by atoms with Crippen LogP contribution in [0.4, 0.5) is 29.2 Å². The Kier molecular flexibility index (Phi) is 36.0. The number of anilines is 5. The molecule has 11 heterocycles. The van der Waals surface area contributed by atoms with Gasteiger partial charge in [0.1, 0.15) is 6.04 Å². The number of Topliss-reactive ketones (excluding diaryl/α,β-unsaturated/α-hetero) is 5. The van der Waals surface area contributed by atoms with E-state index in [1.54, 1.807) is 148 Å². The van der Waals surface area contributed by atoms with Crippen molar-refractivity contribution in [3.8, 4) is 22.6 Å². The molecule has 16 aromatic rings. The number of aromatic nitrogens is 14. The molecule has 6 N–H and O–H groups in total. The lowest BCUT2D eigenvalue weighted by molar-refractivity contribution is -0.117. The minimum atomic E-state index is -0.563. The van der Waals surface area contributed by atoms with E-state index in [-0.39, 0.29) is 35.5 Å². The van der Waals surface area contributed by atoms with E-state index in [1.165, 1.54) is 12.1 Å². The Morgan fingerprint density at radius 2 is 0.909 bits per heavy atom. The van der Waals surface area contributed by atoms with Gasteiger partial charge in [0.25, 0.3) is 0 Å². The number of H-pyrrole nitrogens is 3. The highest BCUT2D eigenvalue weighted by molar-refractivity contribution is 6.30.